The first-order valence-electron chi connectivity index (χ1n) is 9.27. The molecule has 0 unspecified atom stereocenters. The van der Waals surface area contributed by atoms with Gasteiger partial charge < -0.3 is 20.0 Å². The molecule has 7 nitrogen and oxygen atoms in total. The molecule has 160 valence electrons. The summed E-state index contributed by atoms with van der Waals surface area (Å²) in [6, 6.07) is 12.1. The summed E-state index contributed by atoms with van der Waals surface area (Å²) in [5.41, 5.74) is 2.83. The van der Waals surface area contributed by atoms with E-state index in [1.165, 1.54) is 15.3 Å². The third kappa shape index (κ3) is 7.13. The molecule has 0 atom stereocenters. The predicted octanol–water partition coefficient (Wildman–Crippen LogP) is 3.65. The molecule has 30 heavy (non-hydrogen) atoms. The van der Waals surface area contributed by atoms with Gasteiger partial charge in [0.25, 0.3) is 0 Å². The lowest BCUT2D eigenvalue weighted by molar-refractivity contribution is -0.127. The van der Waals surface area contributed by atoms with Crippen LogP contribution in [0.4, 0.5) is 0 Å². The zero-order chi connectivity index (χ0) is 20.6. The van der Waals surface area contributed by atoms with E-state index < -0.39 is 0 Å². The van der Waals surface area contributed by atoms with Gasteiger partial charge in [0, 0.05) is 24.5 Å². The Morgan fingerprint density at radius 3 is 2.63 bits per heavy atom. The Balaban J connectivity index is 0.00000320. The SMILES string of the molecule is Cc1ccc(-c2nc(CN=C(NCC(=O)N(C)C)NCc3cccs3)co2)cc1.I. The van der Waals surface area contributed by atoms with Crippen LogP contribution in [-0.2, 0) is 17.9 Å². The van der Waals surface area contributed by atoms with Crippen LogP contribution in [0, 0.1) is 6.92 Å². The predicted molar refractivity (Wildman–Crippen MR) is 131 cm³/mol. The number of aliphatic imine (C=N–C) groups is 1. The van der Waals surface area contributed by atoms with Crippen LogP contribution >= 0.6 is 35.3 Å². The Labute approximate surface area is 197 Å². The lowest BCUT2D eigenvalue weighted by Crippen LogP contribution is -2.42. The summed E-state index contributed by atoms with van der Waals surface area (Å²) in [6.45, 7) is 3.17. The first-order valence-corrected chi connectivity index (χ1v) is 10.2. The molecule has 2 heterocycles. The van der Waals surface area contributed by atoms with Gasteiger partial charge in [0.15, 0.2) is 5.96 Å². The number of halogens is 1. The molecular weight excluding hydrogens is 513 g/mol. The molecule has 9 heteroatoms. The largest absolute Gasteiger partial charge is 0.444 e. The minimum Gasteiger partial charge on any atom is -0.444 e. The molecule has 2 aromatic heterocycles. The average molecular weight is 539 g/mol. The summed E-state index contributed by atoms with van der Waals surface area (Å²) in [5, 5.41) is 8.35. The monoisotopic (exact) mass is 539 g/mol. The van der Waals surface area contributed by atoms with Crippen molar-refractivity contribution in [2.45, 2.75) is 20.0 Å². The van der Waals surface area contributed by atoms with E-state index in [4.69, 9.17) is 4.42 Å². The number of rotatable bonds is 7. The number of carbonyl (C=O) groups excluding carboxylic acids is 1. The summed E-state index contributed by atoms with van der Waals surface area (Å²) in [5.74, 6) is 1.09. The van der Waals surface area contributed by atoms with Crippen molar-refractivity contribution in [2.75, 3.05) is 20.6 Å². The zero-order valence-corrected chi connectivity index (χ0v) is 20.4. The first-order chi connectivity index (χ1) is 14.0. The van der Waals surface area contributed by atoms with Crippen LogP contribution in [0.1, 0.15) is 16.1 Å². The van der Waals surface area contributed by atoms with Crippen molar-refractivity contribution in [3.05, 3.63) is 64.2 Å². The van der Waals surface area contributed by atoms with E-state index in [1.54, 1.807) is 31.7 Å². The topological polar surface area (TPSA) is 82.8 Å². The molecule has 3 aromatic rings. The number of amides is 1. The molecule has 0 saturated carbocycles. The van der Waals surface area contributed by atoms with E-state index in [0.717, 1.165) is 11.3 Å². The van der Waals surface area contributed by atoms with Crippen molar-refractivity contribution in [2.24, 2.45) is 4.99 Å². The van der Waals surface area contributed by atoms with Gasteiger partial charge >= 0.3 is 0 Å². The molecule has 0 aliphatic rings. The third-order valence-corrected chi connectivity index (χ3v) is 5.04. The number of aromatic nitrogens is 1. The fourth-order valence-electron chi connectivity index (χ4n) is 2.44. The van der Waals surface area contributed by atoms with Crippen LogP contribution in [0.2, 0.25) is 0 Å². The molecule has 0 bridgehead atoms. The first kappa shape index (κ1) is 23.9. The average Bonchev–Trinajstić information content (AvgIpc) is 3.39. The van der Waals surface area contributed by atoms with Crippen molar-refractivity contribution >= 4 is 47.2 Å². The minimum absolute atomic E-state index is 0. The highest BCUT2D eigenvalue weighted by Crippen LogP contribution is 2.19. The normalized spacial score (nSPS) is 11.0. The maximum absolute atomic E-state index is 11.9. The summed E-state index contributed by atoms with van der Waals surface area (Å²) >= 11 is 1.66. The van der Waals surface area contributed by atoms with E-state index in [9.17, 15) is 4.79 Å². The van der Waals surface area contributed by atoms with Crippen LogP contribution in [0.5, 0.6) is 0 Å². The van der Waals surface area contributed by atoms with E-state index in [2.05, 4.69) is 20.6 Å². The second-order valence-corrected chi connectivity index (χ2v) is 7.78. The molecular formula is C21H26IN5O2S. The second-order valence-electron chi connectivity index (χ2n) is 6.75. The Morgan fingerprint density at radius 2 is 1.97 bits per heavy atom. The molecule has 0 aliphatic heterocycles. The quantitative estimate of drug-likeness (QED) is 0.272. The molecule has 0 aliphatic carbocycles. The van der Waals surface area contributed by atoms with E-state index >= 15 is 0 Å². The molecule has 0 saturated heterocycles. The van der Waals surface area contributed by atoms with Crippen LogP contribution in [0.25, 0.3) is 11.5 Å². The Morgan fingerprint density at radius 1 is 1.20 bits per heavy atom. The number of hydrogen-bond acceptors (Lipinski definition) is 5. The molecule has 2 N–H and O–H groups in total. The van der Waals surface area contributed by atoms with Gasteiger partial charge in [0.2, 0.25) is 11.8 Å². The van der Waals surface area contributed by atoms with Gasteiger partial charge in [-0.25, -0.2) is 9.98 Å². The Hall–Kier alpha value is -2.40. The van der Waals surface area contributed by atoms with Crippen molar-refractivity contribution in [3.8, 4) is 11.5 Å². The number of aryl methyl sites for hydroxylation is 1. The van der Waals surface area contributed by atoms with Crippen LogP contribution in [-0.4, -0.2) is 42.4 Å². The van der Waals surface area contributed by atoms with Crippen LogP contribution in [0.15, 0.2) is 57.5 Å². The van der Waals surface area contributed by atoms with Gasteiger partial charge in [0.05, 0.1) is 19.6 Å². The number of oxazole rings is 1. The van der Waals surface area contributed by atoms with E-state index in [-0.39, 0.29) is 36.4 Å². The molecule has 1 amide bonds. The highest BCUT2D eigenvalue weighted by molar-refractivity contribution is 14.0. The number of carbonyl (C=O) groups is 1. The van der Waals surface area contributed by atoms with Gasteiger partial charge in [-0.2, -0.15) is 0 Å². The minimum atomic E-state index is -0.0290. The number of guanidine groups is 1. The standard InChI is InChI=1S/C21H25N5O2S.HI/c1-15-6-8-16(9-7-15)20-25-17(14-28-20)11-22-21(24-13-19(27)26(2)3)23-12-18-5-4-10-29-18;/h4-10,14H,11-13H2,1-3H3,(H2,22,23,24);1H. The Bertz CT molecular complexity index is 952. The summed E-state index contributed by atoms with van der Waals surface area (Å²) in [6.07, 6.45) is 1.61. The second kappa shape index (κ2) is 11.7. The van der Waals surface area contributed by atoms with Crippen molar-refractivity contribution < 1.29 is 9.21 Å². The maximum Gasteiger partial charge on any atom is 0.241 e. The molecule has 0 fully saturated rings. The van der Waals surface area contributed by atoms with E-state index in [0.29, 0.717) is 24.9 Å². The summed E-state index contributed by atoms with van der Waals surface area (Å²) in [4.78, 5) is 23.7. The smallest absolute Gasteiger partial charge is 0.241 e. The van der Waals surface area contributed by atoms with Crippen molar-refractivity contribution in [3.63, 3.8) is 0 Å². The number of thiophene rings is 1. The molecule has 0 spiro atoms. The summed E-state index contributed by atoms with van der Waals surface area (Å²) in [7, 11) is 3.45. The fourth-order valence-corrected chi connectivity index (χ4v) is 3.09. The zero-order valence-electron chi connectivity index (χ0n) is 17.2. The van der Waals surface area contributed by atoms with Crippen molar-refractivity contribution in [1.82, 2.24) is 20.5 Å². The van der Waals surface area contributed by atoms with Gasteiger partial charge in [-0.3, -0.25) is 4.79 Å². The third-order valence-electron chi connectivity index (χ3n) is 4.17. The summed E-state index contributed by atoms with van der Waals surface area (Å²) < 4.78 is 5.59. The number of nitrogens with zero attached hydrogens (tertiary/aromatic N) is 3. The van der Waals surface area contributed by atoms with Crippen molar-refractivity contribution in [1.29, 1.82) is 0 Å². The number of likely N-dealkylation sites (N-methyl/N-ethyl adjacent to an activating group) is 1. The highest BCUT2D eigenvalue weighted by atomic mass is 127. The van der Waals surface area contributed by atoms with Gasteiger partial charge in [-0.05, 0) is 30.5 Å². The lowest BCUT2D eigenvalue weighted by Gasteiger charge is -2.14. The highest BCUT2D eigenvalue weighted by Gasteiger charge is 2.09. The molecule has 3 rings (SSSR count). The molecule has 1 aromatic carbocycles. The number of benzene rings is 1. The lowest BCUT2D eigenvalue weighted by atomic mass is 10.1. The number of nitrogens with one attached hydrogen (secondary N) is 2. The van der Waals surface area contributed by atoms with Gasteiger partial charge in [0.1, 0.15) is 12.0 Å². The fraction of sp³-hybridized carbons (Fsp3) is 0.286. The van der Waals surface area contributed by atoms with Crippen LogP contribution in [0.3, 0.4) is 0 Å². The van der Waals surface area contributed by atoms with Gasteiger partial charge in [-0.15, -0.1) is 35.3 Å². The van der Waals surface area contributed by atoms with Crippen LogP contribution < -0.4 is 10.6 Å². The number of hydrogen-bond donors (Lipinski definition) is 2. The van der Waals surface area contributed by atoms with Gasteiger partial charge in [-0.1, -0.05) is 23.8 Å². The van der Waals surface area contributed by atoms with E-state index in [1.807, 2.05) is 48.7 Å². The molecule has 0 radical (unpaired) electrons. The Kier molecular flexibility index (Phi) is 9.31. The maximum atomic E-state index is 11.9.